The molecule has 0 radical (unpaired) electrons. The van der Waals surface area contributed by atoms with E-state index >= 15 is 0 Å². The number of hydrogen-bond acceptors (Lipinski definition) is 2. The summed E-state index contributed by atoms with van der Waals surface area (Å²) in [5.41, 5.74) is 0. The highest BCUT2D eigenvalue weighted by atomic mass is 19.4. The van der Waals surface area contributed by atoms with Gasteiger partial charge in [-0.15, -0.1) is 0 Å². The maximum atomic E-state index is 12.5. The first-order valence-electron chi connectivity index (χ1n) is 4.09. The van der Waals surface area contributed by atoms with Gasteiger partial charge in [0.15, 0.2) is 5.76 Å². The van der Waals surface area contributed by atoms with Crippen molar-refractivity contribution < 1.29 is 31.5 Å². The minimum atomic E-state index is -5.88. The molecule has 7 heteroatoms. The van der Waals surface area contributed by atoms with Gasteiger partial charge in [-0.1, -0.05) is 0 Å². The second-order valence-electron chi connectivity index (χ2n) is 2.96. The zero-order chi connectivity index (χ0) is 11.7. The van der Waals surface area contributed by atoms with Gasteiger partial charge in [0.25, 0.3) is 5.78 Å². The molecule has 86 valence electrons. The molecular weight excluding hydrogens is 223 g/mol. The summed E-state index contributed by atoms with van der Waals surface area (Å²) in [6, 6.07) is 0. The summed E-state index contributed by atoms with van der Waals surface area (Å²) in [6.45, 7) is -0.0223. The van der Waals surface area contributed by atoms with Gasteiger partial charge in [0, 0.05) is 0 Å². The van der Waals surface area contributed by atoms with E-state index in [1.165, 1.54) is 0 Å². The van der Waals surface area contributed by atoms with Crippen molar-refractivity contribution in [2.24, 2.45) is 0 Å². The van der Waals surface area contributed by atoms with Gasteiger partial charge >= 0.3 is 12.1 Å². The quantitative estimate of drug-likeness (QED) is 0.681. The van der Waals surface area contributed by atoms with Crippen LogP contribution < -0.4 is 0 Å². The molecule has 0 aliphatic carbocycles. The highest BCUT2D eigenvalue weighted by Crippen LogP contribution is 2.38. The lowest BCUT2D eigenvalue weighted by atomic mass is 10.1. The van der Waals surface area contributed by atoms with Gasteiger partial charge in [-0.3, -0.25) is 4.79 Å². The molecule has 0 fully saturated rings. The molecule has 0 aromatic carbocycles. The van der Waals surface area contributed by atoms with E-state index in [1.54, 1.807) is 0 Å². The van der Waals surface area contributed by atoms with Crippen molar-refractivity contribution in [3.05, 3.63) is 11.8 Å². The molecule has 0 aromatic heterocycles. The molecule has 1 aliphatic rings. The molecule has 0 bridgehead atoms. The highest BCUT2D eigenvalue weighted by Gasteiger charge is 2.64. The van der Waals surface area contributed by atoms with Crippen LogP contribution >= 0.6 is 0 Å². The van der Waals surface area contributed by atoms with Crippen LogP contribution in [0.2, 0.25) is 0 Å². The van der Waals surface area contributed by atoms with E-state index in [4.69, 9.17) is 0 Å². The highest BCUT2D eigenvalue weighted by molar-refractivity contribution is 5.99. The average Bonchev–Trinajstić information content (AvgIpc) is 2.16. The molecule has 0 amide bonds. The van der Waals surface area contributed by atoms with E-state index in [-0.39, 0.29) is 13.0 Å². The number of ether oxygens (including phenoxy) is 1. The van der Waals surface area contributed by atoms with E-state index in [0.29, 0.717) is 6.42 Å². The molecule has 2 nitrogen and oxygen atoms in total. The SMILES string of the molecule is O=C(C1=CCCCO1)C(F)(F)C(F)(F)F. The summed E-state index contributed by atoms with van der Waals surface area (Å²) >= 11 is 0. The maximum absolute atomic E-state index is 12.5. The lowest BCUT2D eigenvalue weighted by Crippen LogP contribution is -2.45. The lowest BCUT2D eigenvalue weighted by Gasteiger charge is -2.21. The summed E-state index contributed by atoms with van der Waals surface area (Å²) in [6.07, 6.45) is -4.18. The molecule has 0 aromatic rings. The third-order valence-electron chi connectivity index (χ3n) is 1.80. The minimum absolute atomic E-state index is 0.0223. The Morgan fingerprint density at radius 2 is 1.87 bits per heavy atom. The van der Waals surface area contributed by atoms with Crippen molar-refractivity contribution in [3.63, 3.8) is 0 Å². The Bertz CT molecular complexity index is 292. The number of carbonyl (C=O) groups is 1. The number of carbonyl (C=O) groups excluding carboxylic acids is 1. The molecule has 0 atom stereocenters. The Kier molecular flexibility index (Phi) is 3.01. The van der Waals surface area contributed by atoms with Gasteiger partial charge < -0.3 is 4.74 Å². The Morgan fingerprint density at radius 1 is 1.27 bits per heavy atom. The normalized spacial score (nSPS) is 18.1. The molecule has 1 aliphatic heterocycles. The third-order valence-corrected chi connectivity index (χ3v) is 1.80. The second kappa shape index (κ2) is 3.79. The lowest BCUT2D eigenvalue weighted by molar-refractivity contribution is -0.268. The predicted molar refractivity (Wildman–Crippen MR) is 39.3 cm³/mol. The minimum Gasteiger partial charge on any atom is -0.490 e. The van der Waals surface area contributed by atoms with Crippen molar-refractivity contribution >= 4 is 5.78 Å². The number of rotatable bonds is 2. The number of alkyl halides is 5. The standard InChI is InChI=1S/C8H7F5O2/c9-7(10,8(11,12)13)6(14)5-3-1-2-4-15-5/h3H,1-2,4H2. The molecule has 0 N–H and O–H groups in total. The molecule has 1 rings (SSSR count). The number of hydrogen-bond donors (Lipinski definition) is 0. The Labute approximate surface area is 81.7 Å². The van der Waals surface area contributed by atoms with Gasteiger partial charge in [-0.25, -0.2) is 0 Å². The van der Waals surface area contributed by atoms with Crippen molar-refractivity contribution in [2.45, 2.75) is 24.9 Å². The number of halogens is 5. The first kappa shape index (κ1) is 11.9. The number of allylic oxidation sites excluding steroid dienone is 2. The fourth-order valence-electron chi connectivity index (χ4n) is 0.999. The van der Waals surface area contributed by atoms with E-state index in [9.17, 15) is 26.7 Å². The van der Waals surface area contributed by atoms with E-state index in [2.05, 4.69) is 4.74 Å². The maximum Gasteiger partial charge on any atom is 0.461 e. The van der Waals surface area contributed by atoms with E-state index in [0.717, 1.165) is 6.08 Å². The van der Waals surface area contributed by atoms with Crippen LogP contribution in [0.5, 0.6) is 0 Å². The van der Waals surface area contributed by atoms with Crippen LogP contribution in [-0.4, -0.2) is 24.5 Å². The van der Waals surface area contributed by atoms with E-state index < -0.39 is 23.6 Å². The molecular formula is C8H7F5O2. The van der Waals surface area contributed by atoms with Gasteiger partial charge in [-0.2, -0.15) is 22.0 Å². The average molecular weight is 230 g/mol. The zero-order valence-electron chi connectivity index (χ0n) is 7.40. The first-order valence-corrected chi connectivity index (χ1v) is 4.09. The summed E-state index contributed by atoms with van der Waals surface area (Å²) in [5.74, 6) is -8.60. The summed E-state index contributed by atoms with van der Waals surface area (Å²) in [7, 11) is 0. The van der Waals surface area contributed by atoms with Crippen LogP contribution in [0.4, 0.5) is 22.0 Å². The van der Waals surface area contributed by atoms with Crippen LogP contribution in [-0.2, 0) is 9.53 Å². The third kappa shape index (κ3) is 2.27. The Hall–Kier alpha value is -1.14. The number of ketones is 1. The van der Waals surface area contributed by atoms with E-state index in [1.807, 2.05) is 0 Å². The molecule has 0 spiro atoms. The smallest absolute Gasteiger partial charge is 0.461 e. The fourth-order valence-corrected chi connectivity index (χ4v) is 0.999. The molecule has 1 heterocycles. The summed E-state index contributed by atoms with van der Waals surface area (Å²) in [5, 5.41) is 0. The topological polar surface area (TPSA) is 26.3 Å². The molecule has 0 saturated heterocycles. The van der Waals surface area contributed by atoms with Crippen LogP contribution in [0.15, 0.2) is 11.8 Å². The number of Topliss-reactive ketones (excluding diaryl/α,β-unsaturated/α-hetero) is 1. The van der Waals surface area contributed by atoms with Gasteiger partial charge in [0.05, 0.1) is 6.61 Å². The van der Waals surface area contributed by atoms with Crippen LogP contribution in [0.25, 0.3) is 0 Å². The molecule has 15 heavy (non-hydrogen) atoms. The Balaban J connectivity index is 2.88. The molecule has 0 unspecified atom stereocenters. The monoisotopic (exact) mass is 230 g/mol. The second-order valence-corrected chi connectivity index (χ2v) is 2.96. The van der Waals surface area contributed by atoms with Crippen LogP contribution in [0.3, 0.4) is 0 Å². The van der Waals surface area contributed by atoms with Gasteiger partial charge in [0.1, 0.15) is 0 Å². The van der Waals surface area contributed by atoms with Crippen LogP contribution in [0, 0.1) is 0 Å². The van der Waals surface area contributed by atoms with Crippen molar-refractivity contribution in [2.75, 3.05) is 6.61 Å². The predicted octanol–water partition coefficient (Wildman–Crippen LogP) is 2.45. The van der Waals surface area contributed by atoms with Crippen LogP contribution in [0.1, 0.15) is 12.8 Å². The van der Waals surface area contributed by atoms with Crippen molar-refractivity contribution in [3.8, 4) is 0 Å². The summed E-state index contributed by atoms with van der Waals surface area (Å²) in [4.78, 5) is 10.8. The largest absolute Gasteiger partial charge is 0.490 e. The van der Waals surface area contributed by atoms with Crippen molar-refractivity contribution in [1.82, 2.24) is 0 Å². The van der Waals surface area contributed by atoms with Crippen molar-refractivity contribution in [1.29, 1.82) is 0 Å². The fraction of sp³-hybridized carbons (Fsp3) is 0.625. The molecule has 0 saturated carbocycles. The van der Waals surface area contributed by atoms with Gasteiger partial charge in [-0.05, 0) is 18.9 Å². The Morgan fingerprint density at radius 3 is 2.27 bits per heavy atom. The summed E-state index contributed by atoms with van der Waals surface area (Å²) < 4.78 is 64.8. The zero-order valence-corrected chi connectivity index (χ0v) is 7.40. The first-order chi connectivity index (χ1) is 6.77. The van der Waals surface area contributed by atoms with Gasteiger partial charge in [0.2, 0.25) is 0 Å².